The van der Waals surface area contributed by atoms with Gasteiger partial charge in [0, 0.05) is 0 Å². The fourth-order valence-corrected chi connectivity index (χ4v) is 2.81. The first-order chi connectivity index (χ1) is 6.95. The summed E-state index contributed by atoms with van der Waals surface area (Å²) < 4.78 is 10.5. The molecule has 1 rings (SSSR count). The number of ether oxygens (including phenoxy) is 2. The average molecular weight is 232 g/mol. The molecular formula is C11H20O3S. The highest BCUT2D eigenvalue weighted by molar-refractivity contribution is 8.01. The summed E-state index contributed by atoms with van der Waals surface area (Å²) in [5.74, 6) is -0.169. The van der Waals surface area contributed by atoms with Crippen LogP contribution in [-0.4, -0.2) is 35.8 Å². The van der Waals surface area contributed by atoms with Gasteiger partial charge in [0.25, 0.3) is 0 Å². The van der Waals surface area contributed by atoms with Crippen LogP contribution < -0.4 is 0 Å². The molecule has 0 aliphatic carbocycles. The fourth-order valence-electron chi connectivity index (χ4n) is 1.38. The highest BCUT2D eigenvalue weighted by Crippen LogP contribution is 2.36. The summed E-state index contributed by atoms with van der Waals surface area (Å²) in [5, 5.41) is 0.534. The van der Waals surface area contributed by atoms with E-state index in [9.17, 15) is 4.79 Å². The Balaban J connectivity index is 2.37. The topological polar surface area (TPSA) is 35.5 Å². The fraction of sp³-hybridized carbons (Fsp3) is 0.909. The molecule has 0 saturated carbocycles. The van der Waals surface area contributed by atoms with Crippen LogP contribution in [0, 0.1) is 5.92 Å². The summed E-state index contributed by atoms with van der Waals surface area (Å²) in [5.41, 5.74) is 0. The Morgan fingerprint density at radius 3 is 2.33 bits per heavy atom. The van der Waals surface area contributed by atoms with Crippen LogP contribution in [0.4, 0.5) is 0 Å². The summed E-state index contributed by atoms with van der Waals surface area (Å²) in [6, 6.07) is 0. The van der Waals surface area contributed by atoms with E-state index in [1.54, 1.807) is 0 Å². The maximum Gasteiger partial charge on any atom is 0.308 e. The van der Waals surface area contributed by atoms with E-state index in [1.165, 1.54) is 0 Å². The van der Waals surface area contributed by atoms with E-state index in [0.717, 1.165) is 0 Å². The van der Waals surface area contributed by atoms with E-state index >= 15 is 0 Å². The van der Waals surface area contributed by atoms with Crippen LogP contribution in [0.1, 0.15) is 27.7 Å². The maximum atomic E-state index is 11.3. The Labute approximate surface area is 95.9 Å². The Morgan fingerprint density at radius 1 is 1.40 bits per heavy atom. The summed E-state index contributed by atoms with van der Waals surface area (Å²) in [4.78, 5) is 11.3. The van der Waals surface area contributed by atoms with E-state index in [4.69, 9.17) is 9.47 Å². The van der Waals surface area contributed by atoms with Crippen LogP contribution in [0.25, 0.3) is 0 Å². The molecule has 0 aromatic carbocycles. The molecule has 1 aliphatic rings. The lowest BCUT2D eigenvalue weighted by atomic mass is 10.1. The molecule has 0 atom stereocenters. The third-order valence-corrected chi connectivity index (χ3v) is 3.49. The van der Waals surface area contributed by atoms with Gasteiger partial charge in [0.2, 0.25) is 0 Å². The Bertz CT molecular complexity index is 222. The number of esters is 1. The van der Waals surface area contributed by atoms with Gasteiger partial charge in [0.1, 0.15) is 6.61 Å². The van der Waals surface area contributed by atoms with Crippen molar-refractivity contribution in [2.24, 2.45) is 5.92 Å². The van der Waals surface area contributed by atoms with E-state index in [0.29, 0.717) is 25.1 Å². The SMILES string of the molecule is CC(C)SC1(COC(=O)C(C)C)COC1. The van der Waals surface area contributed by atoms with Crippen LogP contribution in [0.2, 0.25) is 0 Å². The predicted molar refractivity (Wildman–Crippen MR) is 62.1 cm³/mol. The molecule has 0 bridgehead atoms. The van der Waals surface area contributed by atoms with Gasteiger partial charge in [-0.1, -0.05) is 27.7 Å². The molecule has 0 spiro atoms. The summed E-state index contributed by atoms with van der Waals surface area (Å²) in [7, 11) is 0. The maximum absolute atomic E-state index is 11.3. The van der Waals surface area contributed by atoms with Gasteiger partial charge in [0.05, 0.1) is 23.9 Å². The number of carbonyl (C=O) groups is 1. The normalized spacial score (nSPS) is 19.1. The van der Waals surface area contributed by atoms with Gasteiger partial charge in [-0.3, -0.25) is 4.79 Å². The number of rotatable bonds is 5. The minimum atomic E-state index is -0.120. The zero-order valence-electron chi connectivity index (χ0n) is 9.91. The molecular weight excluding hydrogens is 212 g/mol. The van der Waals surface area contributed by atoms with Crippen LogP contribution >= 0.6 is 11.8 Å². The highest BCUT2D eigenvalue weighted by atomic mass is 32.2. The first kappa shape index (κ1) is 12.8. The van der Waals surface area contributed by atoms with Gasteiger partial charge in [-0.2, -0.15) is 0 Å². The average Bonchev–Trinajstić information content (AvgIpc) is 2.08. The van der Waals surface area contributed by atoms with Gasteiger partial charge in [-0.05, 0) is 5.25 Å². The third kappa shape index (κ3) is 3.68. The van der Waals surface area contributed by atoms with Crippen molar-refractivity contribution in [1.82, 2.24) is 0 Å². The van der Waals surface area contributed by atoms with Crippen molar-refractivity contribution >= 4 is 17.7 Å². The summed E-state index contributed by atoms with van der Waals surface area (Å²) in [6.45, 7) is 9.86. The van der Waals surface area contributed by atoms with Crippen molar-refractivity contribution < 1.29 is 14.3 Å². The van der Waals surface area contributed by atoms with Gasteiger partial charge >= 0.3 is 5.97 Å². The Hall–Kier alpha value is -0.220. The zero-order chi connectivity index (χ0) is 11.5. The quantitative estimate of drug-likeness (QED) is 0.680. The third-order valence-electron chi connectivity index (χ3n) is 2.16. The molecule has 88 valence electrons. The first-order valence-corrected chi connectivity index (χ1v) is 6.25. The molecule has 0 aromatic heterocycles. The second kappa shape index (κ2) is 5.21. The second-order valence-electron chi connectivity index (χ2n) is 4.60. The van der Waals surface area contributed by atoms with Crippen LogP contribution in [0.5, 0.6) is 0 Å². The van der Waals surface area contributed by atoms with Crippen molar-refractivity contribution in [1.29, 1.82) is 0 Å². The molecule has 15 heavy (non-hydrogen) atoms. The zero-order valence-corrected chi connectivity index (χ0v) is 10.7. The minimum Gasteiger partial charge on any atom is -0.464 e. The van der Waals surface area contributed by atoms with Crippen molar-refractivity contribution in [2.75, 3.05) is 19.8 Å². The van der Waals surface area contributed by atoms with Gasteiger partial charge in [0.15, 0.2) is 0 Å². The smallest absolute Gasteiger partial charge is 0.308 e. The standard InChI is InChI=1S/C11H20O3S/c1-8(2)10(12)14-7-11(5-13-6-11)15-9(3)4/h8-9H,5-7H2,1-4H3. The Morgan fingerprint density at radius 2 is 2.00 bits per heavy atom. The first-order valence-electron chi connectivity index (χ1n) is 5.37. The lowest BCUT2D eigenvalue weighted by Gasteiger charge is -2.41. The molecule has 0 unspecified atom stereocenters. The molecule has 1 fully saturated rings. The second-order valence-corrected chi connectivity index (χ2v) is 6.65. The number of hydrogen-bond acceptors (Lipinski definition) is 4. The van der Waals surface area contributed by atoms with Gasteiger partial charge in [-0.25, -0.2) is 0 Å². The van der Waals surface area contributed by atoms with Crippen LogP contribution in [0.15, 0.2) is 0 Å². The molecule has 0 radical (unpaired) electrons. The number of carbonyl (C=O) groups excluding carboxylic acids is 1. The van der Waals surface area contributed by atoms with Crippen LogP contribution in [0.3, 0.4) is 0 Å². The summed E-state index contributed by atoms with van der Waals surface area (Å²) in [6.07, 6.45) is 0. The van der Waals surface area contributed by atoms with E-state index in [1.807, 2.05) is 25.6 Å². The van der Waals surface area contributed by atoms with Crippen molar-refractivity contribution in [3.05, 3.63) is 0 Å². The van der Waals surface area contributed by atoms with Crippen molar-refractivity contribution in [3.63, 3.8) is 0 Å². The molecule has 4 heteroatoms. The predicted octanol–water partition coefficient (Wildman–Crippen LogP) is 2.10. The van der Waals surface area contributed by atoms with Crippen molar-refractivity contribution in [3.8, 4) is 0 Å². The van der Waals surface area contributed by atoms with E-state index in [-0.39, 0.29) is 16.6 Å². The minimum absolute atomic E-state index is 0.0126. The van der Waals surface area contributed by atoms with Crippen molar-refractivity contribution in [2.45, 2.75) is 37.7 Å². The molecule has 0 N–H and O–H groups in total. The summed E-state index contributed by atoms with van der Waals surface area (Å²) >= 11 is 1.84. The van der Waals surface area contributed by atoms with Crippen LogP contribution in [-0.2, 0) is 14.3 Å². The van der Waals surface area contributed by atoms with Gasteiger partial charge in [-0.15, -0.1) is 11.8 Å². The molecule has 1 saturated heterocycles. The highest BCUT2D eigenvalue weighted by Gasteiger charge is 2.41. The monoisotopic (exact) mass is 232 g/mol. The lowest BCUT2D eigenvalue weighted by molar-refractivity contribution is -0.152. The molecule has 1 heterocycles. The number of hydrogen-bond donors (Lipinski definition) is 0. The molecule has 0 amide bonds. The van der Waals surface area contributed by atoms with Gasteiger partial charge < -0.3 is 9.47 Å². The lowest BCUT2D eigenvalue weighted by Crippen LogP contribution is -2.51. The van der Waals surface area contributed by atoms with E-state index in [2.05, 4.69) is 13.8 Å². The molecule has 1 aliphatic heterocycles. The number of thioether (sulfide) groups is 1. The van der Waals surface area contributed by atoms with E-state index < -0.39 is 0 Å². The Kier molecular flexibility index (Phi) is 4.46. The molecule has 3 nitrogen and oxygen atoms in total. The largest absolute Gasteiger partial charge is 0.464 e. The molecule has 0 aromatic rings.